The summed E-state index contributed by atoms with van der Waals surface area (Å²) in [7, 11) is 0. The summed E-state index contributed by atoms with van der Waals surface area (Å²) in [4.78, 5) is 23.3. The summed E-state index contributed by atoms with van der Waals surface area (Å²) in [5.74, 6) is -1.61. The molecule has 2 aromatic rings. The topological polar surface area (TPSA) is 85.8 Å². The molecule has 0 aliphatic carbocycles. The zero-order valence-corrected chi connectivity index (χ0v) is 14.0. The van der Waals surface area contributed by atoms with Gasteiger partial charge in [-0.1, -0.05) is 42.5 Å². The molecule has 0 aliphatic rings. The van der Waals surface area contributed by atoms with Crippen LogP contribution in [0.2, 0.25) is 0 Å². The van der Waals surface area contributed by atoms with Crippen molar-refractivity contribution in [2.75, 3.05) is 5.32 Å². The summed E-state index contributed by atoms with van der Waals surface area (Å²) in [6.07, 6.45) is -0.344. The fourth-order valence-corrected chi connectivity index (χ4v) is 2.53. The number of nitrogens with two attached hydrogens (primary N) is 1. The lowest BCUT2D eigenvalue weighted by Gasteiger charge is -2.16. The van der Waals surface area contributed by atoms with E-state index in [1.165, 1.54) is 0 Å². The van der Waals surface area contributed by atoms with Crippen LogP contribution in [0, 0.1) is 0 Å². The monoisotopic (exact) mass is 376 g/mol. The van der Waals surface area contributed by atoms with Gasteiger partial charge in [0.05, 0.1) is 5.69 Å². The molecule has 120 valence electrons. The lowest BCUT2D eigenvalue weighted by atomic mass is 10.1. The molecule has 0 aromatic heterocycles. The average Bonchev–Trinajstić information content (AvgIpc) is 2.54. The summed E-state index contributed by atoms with van der Waals surface area (Å²) in [5, 5.41) is 15.4. The van der Waals surface area contributed by atoms with Crippen LogP contribution in [-0.4, -0.2) is 17.9 Å². The molecule has 5 nitrogen and oxygen atoms in total. The van der Waals surface area contributed by atoms with Gasteiger partial charge in [0.1, 0.15) is 6.54 Å². The van der Waals surface area contributed by atoms with Crippen LogP contribution in [0.4, 0.5) is 5.69 Å². The van der Waals surface area contributed by atoms with Crippen molar-refractivity contribution in [3.8, 4) is 0 Å². The molecule has 1 atom stereocenters. The molecule has 0 unspecified atom stereocenters. The number of carbonyl (C=O) groups is 2. The number of anilines is 1. The van der Waals surface area contributed by atoms with E-state index in [4.69, 9.17) is 0 Å². The van der Waals surface area contributed by atoms with E-state index in [-0.39, 0.29) is 12.3 Å². The molecule has 6 heteroatoms. The number of hydrogen-bond acceptors (Lipinski definition) is 3. The van der Waals surface area contributed by atoms with Crippen molar-refractivity contribution in [3.05, 3.63) is 64.6 Å². The number of halogens is 1. The highest BCUT2D eigenvalue weighted by atomic mass is 79.9. The van der Waals surface area contributed by atoms with Crippen LogP contribution in [0.1, 0.15) is 12.0 Å². The number of carboxylic acids is 1. The molecule has 0 saturated carbocycles. The van der Waals surface area contributed by atoms with Gasteiger partial charge in [-0.15, -0.1) is 0 Å². The van der Waals surface area contributed by atoms with Crippen LogP contribution in [0.5, 0.6) is 0 Å². The third-order valence-corrected chi connectivity index (χ3v) is 4.03. The van der Waals surface area contributed by atoms with Crippen LogP contribution in [0.25, 0.3) is 0 Å². The first-order valence-electron chi connectivity index (χ1n) is 7.19. The summed E-state index contributed by atoms with van der Waals surface area (Å²) in [6.45, 7) is 0.516. The number of hydrogen-bond donors (Lipinski definition) is 2. The molecule has 2 aromatic carbocycles. The van der Waals surface area contributed by atoms with Crippen molar-refractivity contribution in [3.63, 3.8) is 0 Å². The number of benzene rings is 2. The Bertz CT molecular complexity index is 677. The Labute approximate surface area is 142 Å². The zero-order valence-electron chi connectivity index (χ0n) is 12.4. The van der Waals surface area contributed by atoms with E-state index in [0.29, 0.717) is 12.2 Å². The molecular weight excluding hydrogens is 360 g/mol. The van der Waals surface area contributed by atoms with Crippen molar-refractivity contribution >= 4 is 33.5 Å². The van der Waals surface area contributed by atoms with Gasteiger partial charge in [0.2, 0.25) is 0 Å². The SMILES string of the molecule is O=C([O-])C[C@@H]([NH2+]Cc1ccccc1)C(=O)Nc1ccccc1Br. The Balaban J connectivity index is 2.03. The Hall–Kier alpha value is -2.18. The fourth-order valence-electron chi connectivity index (χ4n) is 2.14. The number of carbonyl (C=O) groups excluding carboxylic acids is 2. The van der Waals surface area contributed by atoms with Crippen LogP contribution in [-0.2, 0) is 16.1 Å². The molecule has 3 N–H and O–H groups in total. The van der Waals surface area contributed by atoms with E-state index in [9.17, 15) is 14.7 Å². The van der Waals surface area contributed by atoms with Crippen molar-refractivity contribution in [1.82, 2.24) is 0 Å². The second-order valence-electron chi connectivity index (χ2n) is 5.08. The molecule has 0 heterocycles. The lowest BCUT2D eigenvalue weighted by molar-refractivity contribution is -0.691. The van der Waals surface area contributed by atoms with E-state index in [1.54, 1.807) is 23.5 Å². The van der Waals surface area contributed by atoms with E-state index >= 15 is 0 Å². The Morgan fingerprint density at radius 1 is 1.09 bits per heavy atom. The highest BCUT2D eigenvalue weighted by molar-refractivity contribution is 9.10. The van der Waals surface area contributed by atoms with Gasteiger partial charge in [0.15, 0.2) is 6.04 Å². The number of quaternary nitrogens is 1. The lowest BCUT2D eigenvalue weighted by Crippen LogP contribution is -2.91. The Morgan fingerprint density at radius 3 is 2.39 bits per heavy atom. The predicted octanol–water partition coefficient (Wildman–Crippen LogP) is 0.660. The second kappa shape index (κ2) is 8.45. The molecule has 0 aliphatic heterocycles. The first kappa shape index (κ1) is 17.2. The minimum Gasteiger partial charge on any atom is -0.550 e. The van der Waals surface area contributed by atoms with Crippen molar-refractivity contribution < 1.29 is 20.0 Å². The average molecular weight is 377 g/mol. The van der Waals surface area contributed by atoms with Gasteiger partial charge < -0.3 is 20.5 Å². The van der Waals surface area contributed by atoms with Gasteiger partial charge in [-0.25, -0.2) is 0 Å². The summed E-state index contributed by atoms with van der Waals surface area (Å²) in [5.41, 5.74) is 1.62. The molecule has 0 bridgehead atoms. The quantitative estimate of drug-likeness (QED) is 0.744. The van der Waals surface area contributed by atoms with Gasteiger partial charge in [0.25, 0.3) is 5.91 Å². The molecule has 0 spiro atoms. The predicted molar refractivity (Wildman–Crippen MR) is 88.3 cm³/mol. The zero-order chi connectivity index (χ0) is 16.7. The normalized spacial score (nSPS) is 11.7. The van der Waals surface area contributed by atoms with Crippen LogP contribution >= 0.6 is 15.9 Å². The van der Waals surface area contributed by atoms with E-state index in [2.05, 4.69) is 21.2 Å². The van der Waals surface area contributed by atoms with Crippen molar-refractivity contribution in [2.45, 2.75) is 19.0 Å². The van der Waals surface area contributed by atoms with E-state index < -0.39 is 12.0 Å². The van der Waals surface area contributed by atoms with Gasteiger partial charge in [0, 0.05) is 22.4 Å². The third kappa shape index (κ3) is 5.50. The highest BCUT2D eigenvalue weighted by Crippen LogP contribution is 2.21. The Kier molecular flexibility index (Phi) is 6.31. The second-order valence-corrected chi connectivity index (χ2v) is 5.93. The number of carboxylic acid groups (broad SMARTS) is 1. The maximum absolute atomic E-state index is 12.4. The molecule has 2 rings (SSSR count). The van der Waals surface area contributed by atoms with Crippen LogP contribution in [0.3, 0.4) is 0 Å². The summed E-state index contributed by atoms with van der Waals surface area (Å²) >= 11 is 3.35. The number of para-hydroxylation sites is 1. The number of aliphatic carboxylic acids is 1. The molecular formula is C17H17BrN2O3. The van der Waals surface area contributed by atoms with E-state index in [1.807, 2.05) is 36.4 Å². The van der Waals surface area contributed by atoms with Crippen molar-refractivity contribution in [1.29, 1.82) is 0 Å². The van der Waals surface area contributed by atoms with Gasteiger partial charge in [-0.2, -0.15) is 0 Å². The first-order chi connectivity index (χ1) is 11.1. The van der Waals surface area contributed by atoms with Crippen molar-refractivity contribution in [2.24, 2.45) is 0 Å². The fraction of sp³-hybridized carbons (Fsp3) is 0.176. The molecule has 23 heavy (non-hydrogen) atoms. The largest absolute Gasteiger partial charge is 0.550 e. The van der Waals surface area contributed by atoms with Gasteiger partial charge in [-0.3, -0.25) is 4.79 Å². The first-order valence-corrected chi connectivity index (χ1v) is 7.98. The number of rotatable bonds is 7. The smallest absolute Gasteiger partial charge is 0.283 e. The highest BCUT2D eigenvalue weighted by Gasteiger charge is 2.22. The van der Waals surface area contributed by atoms with Crippen LogP contribution in [0.15, 0.2) is 59.1 Å². The summed E-state index contributed by atoms with van der Waals surface area (Å²) in [6, 6.07) is 16.0. The maximum Gasteiger partial charge on any atom is 0.283 e. The molecule has 1 amide bonds. The number of amides is 1. The molecule has 0 saturated heterocycles. The molecule has 0 radical (unpaired) electrons. The van der Waals surface area contributed by atoms with Gasteiger partial charge in [-0.05, 0) is 28.1 Å². The maximum atomic E-state index is 12.4. The Morgan fingerprint density at radius 2 is 1.74 bits per heavy atom. The van der Waals surface area contributed by atoms with E-state index in [0.717, 1.165) is 10.0 Å². The van der Waals surface area contributed by atoms with Gasteiger partial charge >= 0.3 is 0 Å². The standard InChI is InChI=1S/C17H17BrN2O3/c18-13-8-4-5-9-14(13)20-17(23)15(10-16(21)22)19-11-12-6-2-1-3-7-12/h1-9,15,19H,10-11H2,(H,20,23)(H,21,22)/t15-/m1/s1. The third-order valence-electron chi connectivity index (χ3n) is 3.34. The minimum absolute atomic E-state index is 0.344. The number of nitrogens with one attached hydrogen (secondary N) is 1. The summed E-state index contributed by atoms with van der Waals surface area (Å²) < 4.78 is 0.739. The minimum atomic E-state index is -1.25. The van der Waals surface area contributed by atoms with Crippen LogP contribution < -0.4 is 15.7 Å². The molecule has 0 fully saturated rings.